The summed E-state index contributed by atoms with van der Waals surface area (Å²) in [7, 11) is 0. The van der Waals surface area contributed by atoms with Crippen molar-refractivity contribution < 1.29 is 9.21 Å². The van der Waals surface area contributed by atoms with Crippen molar-refractivity contribution in [1.82, 2.24) is 10.3 Å². The minimum atomic E-state index is -0.168. The lowest BCUT2D eigenvalue weighted by molar-refractivity contribution is -0.126. The fourth-order valence-corrected chi connectivity index (χ4v) is 3.63. The van der Waals surface area contributed by atoms with E-state index in [-0.39, 0.29) is 17.9 Å². The molecule has 0 aliphatic carbocycles. The Morgan fingerprint density at radius 2 is 2.07 bits per heavy atom. The summed E-state index contributed by atoms with van der Waals surface area (Å²) in [6.07, 6.45) is 3.14. The van der Waals surface area contributed by atoms with Crippen LogP contribution in [0.1, 0.15) is 37.1 Å². The summed E-state index contributed by atoms with van der Waals surface area (Å²) in [5.41, 5.74) is 1.39. The Balaban J connectivity index is 1.33. The molecule has 2 aromatic heterocycles. The second kappa shape index (κ2) is 7.73. The largest absolute Gasteiger partial charge is 0.459 e. The van der Waals surface area contributed by atoms with Crippen molar-refractivity contribution in [2.24, 2.45) is 5.92 Å². The number of para-hydroxylation sites is 1. The monoisotopic (exact) mass is 374 g/mol. The van der Waals surface area contributed by atoms with Gasteiger partial charge in [0.2, 0.25) is 5.91 Å². The number of benzene rings is 1. The maximum absolute atomic E-state index is 12.7. The molecule has 1 aliphatic rings. The molecule has 142 valence electrons. The topological polar surface area (TPSA) is 82.2 Å². The Morgan fingerprint density at radius 3 is 2.75 bits per heavy atom. The van der Waals surface area contributed by atoms with E-state index in [1.807, 2.05) is 43.3 Å². The molecule has 3 heterocycles. The lowest BCUT2D eigenvalue weighted by Crippen LogP contribution is -2.41. The third kappa shape index (κ3) is 3.70. The van der Waals surface area contributed by atoms with Gasteiger partial charge in [0.05, 0.1) is 11.6 Å². The number of aromatic nitrogens is 1. The van der Waals surface area contributed by atoms with Gasteiger partial charge < -0.3 is 14.6 Å². The Hall–Kier alpha value is -3.33. The molecule has 1 unspecified atom stereocenters. The van der Waals surface area contributed by atoms with Crippen LogP contribution in [0.3, 0.4) is 0 Å². The number of pyridine rings is 1. The van der Waals surface area contributed by atoms with Gasteiger partial charge in [0.15, 0.2) is 0 Å². The number of nitrogens with zero attached hydrogens (tertiary/aromatic N) is 3. The van der Waals surface area contributed by atoms with Gasteiger partial charge in [-0.3, -0.25) is 4.79 Å². The molecule has 28 heavy (non-hydrogen) atoms. The lowest BCUT2D eigenvalue weighted by atomic mass is 9.95. The van der Waals surface area contributed by atoms with Gasteiger partial charge in [-0.1, -0.05) is 18.2 Å². The summed E-state index contributed by atoms with van der Waals surface area (Å²) < 4.78 is 5.86. The molecule has 4 rings (SSSR count). The van der Waals surface area contributed by atoms with E-state index < -0.39 is 0 Å². The van der Waals surface area contributed by atoms with Crippen LogP contribution in [0, 0.1) is 17.2 Å². The van der Waals surface area contributed by atoms with Crippen molar-refractivity contribution in [1.29, 1.82) is 5.26 Å². The molecule has 0 spiro atoms. The Kier molecular flexibility index (Phi) is 4.98. The Morgan fingerprint density at radius 1 is 1.29 bits per heavy atom. The van der Waals surface area contributed by atoms with Gasteiger partial charge in [-0.05, 0) is 44.0 Å². The molecule has 6 heteroatoms. The van der Waals surface area contributed by atoms with Crippen molar-refractivity contribution in [3.8, 4) is 6.07 Å². The van der Waals surface area contributed by atoms with Crippen LogP contribution in [-0.4, -0.2) is 24.0 Å². The van der Waals surface area contributed by atoms with Crippen LogP contribution >= 0.6 is 0 Å². The van der Waals surface area contributed by atoms with E-state index in [0.717, 1.165) is 48.5 Å². The third-order valence-corrected chi connectivity index (χ3v) is 5.30. The van der Waals surface area contributed by atoms with Crippen LogP contribution in [0.25, 0.3) is 11.0 Å². The maximum atomic E-state index is 12.7. The zero-order chi connectivity index (χ0) is 19.5. The third-order valence-electron chi connectivity index (χ3n) is 5.30. The van der Waals surface area contributed by atoms with E-state index in [1.54, 1.807) is 12.3 Å². The van der Waals surface area contributed by atoms with Crippen molar-refractivity contribution >= 4 is 22.7 Å². The highest BCUT2D eigenvalue weighted by Gasteiger charge is 2.27. The molecule has 0 bridgehead atoms. The smallest absolute Gasteiger partial charge is 0.223 e. The summed E-state index contributed by atoms with van der Waals surface area (Å²) in [6.45, 7) is 3.50. The standard InChI is InChI=1S/C22H22N4O2/c1-15(20-12-18-4-2-3-5-19(18)28-20)25-22(27)17-8-10-26(11-9-17)21-7-6-16(13-23)14-24-21/h2-7,12,14-15,17H,8-11H2,1H3,(H,25,27). The van der Waals surface area contributed by atoms with Crippen LogP contribution in [0.5, 0.6) is 0 Å². The second-order valence-corrected chi connectivity index (χ2v) is 7.20. The van der Waals surface area contributed by atoms with E-state index >= 15 is 0 Å². The van der Waals surface area contributed by atoms with E-state index in [1.165, 1.54) is 0 Å². The molecule has 1 aromatic carbocycles. The van der Waals surface area contributed by atoms with E-state index in [4.69, 9.17) is 9.68 Å². The molecular formula is C22H22N4O2. The fraction of sp³-hybridized carbons (Fsp3) is 0.318. The van der Waals surface area contributed by atoms with Gasteiger partial charge >= 0.3 is 0 Å². The first-order chi connectivity index (χ1) is 13.6. The van der Waals surface area contributed by atoms with Crippen molar-refractivity contribution in [2.45, 2.75) is 25.8 Å². The highest BCUT2D eigenvalue weighted by Crippen LogP contribution is 2.26. The maximum Gasteiger partial charge on any atom is 0.223 e. The molecule has 1 atom stereocenters. The SMILES string of the molecule is CC(NC(=O)C1CCN(c2ccc(C#N)cn2)CC1)c1cc2ccccc2o1. The molecule has 6 nitrogen and oxygen atoms in total. The number of piperidine rings is 1. The number of hydrogen-bond donors (Lipinski definition) is 1. The van der Waals surface area contributed by atoms with E-state index in [2.05, 4.69) is 21.3 Å². The van der Waals surface area contributed by atoms with Crippen molar-refractivity contribution in [3.63, 3.8) is 0 Å². The molecule has 1 amide bonds. The number of hydrogen-bond acceptors (Lipinski definition) is 5. The van der Waals surface area contributed by atoms with Crippen LogP contribution in [0.2, 0.25) is 0 Å². The first-order valence-corrected chi connectivity index (χ1v) is 9.54. The summed E-state index contributed by atoms with van der Waals surface area (Å²) >= 11 is 0. The Labute approximate surface area is 163 Å². The summed E-state index contributed by atoms with van der Waals surface area (Å²) in [5, 5.41) is 13.0. The predicted molar refractivity (Wildman–Crippen MR) is 107 cm³/mol. The normalized spacial score (nSPS) is 15.9. The van der Waals surface area contributed by atoms with Crippen LogP contribution in [0.4, 0.5) is 5.82 Å². The van der Waals surface area contributed by atoms with Gasteiger partial charge in [0, 0.05) is 30.6 Å². The second-order valence-electron chi connectivity index (χ2n) is 7.20. The summed E-state index contributed by atoms with van der Waals surface area (Å²) in [5.74, 6) is 1.68. The fourth-order valence-electron chi connectivity index (χ4n) is 3.63. The number of nitrogens with one attached hydrogen (secondary N) is 1. The zero-order valence-electron chi connectivity index (χ0n) is 15.8. The molecule has 0 radical (unpaired) electrons. The molecule has 1 N–H and O–H groups in total. The molecule has 1 aliphatic heterocycles. The molecular weight excluding hydrogens is 352 g/mol. The van der Waals surface area contributed by atoms with Crippen LogP contribution in [-0.2, 0) is 4.79 Å². The number of furan rings is 1. The van der Waals surface area contributed by atoms with Gasteiger partial charge in [0.25, 0.3) is 0 Å². The molecule has 1 fully saturated rings. The summed E-state index contributed by atoms with van der Waals surface area (Å²) in [6, 6.07) is 15.4. The Bertz CT molecular complexity index is 978. The average Bonchev–Trinajstić information content (AvgIpc) is 3.18. The number of carbonyl (C=O) groups is 1. The average molecular weight is 374 g/mol. The van der Waals surface area contributed by atoms with Gasteiger partial charge in [-0.2, -0.15) is 5.26 Å². The van der Waals surface area contributed by atoms with Gasteiger partial charge in [-0.25, -0.2) is 4.98 Å². The van der Waals surface area contributed by atoms with Gasteiger partial charge in [-0.15, -0.1) is 0 Å². The minimum Gasteiger partial charge on any atom is -0.459 e. The number of amides is 1. The predicted octanol–water partition coefficient (Wildman–Crippen LogP) is 3.79. The quantitative estimate of drug-likeness (QED) is 0.751. The minimum absolute atomic E-state index is 0.0125. The van der Waals surface area contributed by atoms with Gasteiger partial charge in [0.1, 0.15) is 23.2 Å². The number of nitriles is 1. The lowest BCUT2D eigenvalue weighted by Gasteiger charge is -2.32. The first kappa shape index (κ1) is 18.1. The highest BCUT2D eigenvalue weighted by molar-refractivity contribution is 5.80. The first-order valence-electron chi connectivity index (χ1n) is 9.54. The van der Waals surface area contributed by atoms with E-state index in [9.17, 15) is 4.79 Å². The molecule has 3 aromatic rings. The zero-order valence-corrected chi connectivity index (χ0v) is 15.8. The number of anilines is 1. The number of rotatable bonds is 4. The highest BCUT2D eigenvalue weighted by atomic mass is 16.3. The van der Waals surface area contributed by atoms with Crippen LogP contribution in [0.15, 0.2) is 53.1 Å². The van der Waals surface area contributed by atoms with Crippen molar-refractivity contribution in [3.05, 3.63) is 60.0 Å². The van der Waals surface area contributed by atoms with Crippen molar-refractivity contribution in [2.75, 3.05) is 18.0 Å². The number of fused-ring (bicyclic) bond motifs is 1. The van der Waals surface area contributed by atoms with Crippen LogP contribution < -0.4 is 10.2 Å². The summed E-state index contributed by atoms with van der Waals surface area (Å²) in [4.78, 5) is 19.2. The molecule has 0 saturated carbocycles. The molecule has 1 saturated heterocycles. The number of carbonyl (C=O) groups excluding carboxylic acids is 1. The van der Waals surface area contributed by atoms with E-state index in [0.29, 0.717) is 5.56 Å².